The molecule has 1 fully saturated rings. The summed E-state index contributed by atoms with van der Waals surface area (Å²) in [7, 11) is 0. The van der Waals surface area contributed by atoms with Crippen molar-refractivity contribution in [3.05, 3.63) is 11.1 Å². The van der Waals surface area contributed by atoms with Crippen LogP contribution in [0.25, 0.3) is 0 Å². The molecule has 1 atom stereocenters. The molecule has 2 N–H and O–H groups in total. The largest absolute Gasteiger partial charge is 0.329 e. The number of nitrogens with two attached hydrogens (primary N) is 1. The van der Waals surface area contributed by atoms with Gasteiger partial charge in [0.05, 0.1) is 0 Å². The van der Waals surface area contributed by atoms with Gasteiger partial charge >= 0.3 is 0 Å². The van der Waals surface area contributed by atoms with Gasteiger partial charge in [-0.15, -0.1) is 0 Å². The number of hydrogen-bond donors (Lipinski definition) is 1. The Morgan fingerprint density at radius 1 is 1.62 bits per heavy atom. The third-order valence-corrected chi connectivity index (χ3v) is 3.03. The first-order valence-corrected chi connectivity index (χ1v) is 5.41. The molecule has 0 aliphatic carbocycles. The maximum atomic E-state index is 5.72. The third-order valence-electron chi connectivity index (χ3n) is 2.66. The van der Waals surface area contributed by atoms with Crippen molar-refractivity contribution in [1.29, 1.82) is 0 Å². The fourth-order valence-electron chi connectivity index (χ4n) is 1.89. The highest BCUT2D eigenvalue weighted by molar-refractivity contribution is 6.25. The molecule has 1 aliphatic rings. The van der Waals surface area contributed by atoms with Crippen LogP contribution in [0.4, 0.5) is 0 Å². The molecular weight excluding hydrogens is 184 g/mol. The van der Waals surface area contributed by atoms with Gasteiger partial charge in [0.25, 0.3) is 0 Å². The molecule has 0 amide bonds. The molecule has 1 unspecified atom stereocenters. The van der Waals surface area contributed by atoms with Gasteiger partial charge in [0.15, 0.2) is 0 Å². The third kappa shape index (κ3) is 3.29. The zero-order chi connectivity index (χ0) is 9.68. The van der Waals surface area contributed by atoms with Gasteiger partial charge in [-0.2, -0.15) is 0 Å². The van der Waals surface area contributed by atoms with Crippen molar-refractivity contribution < 1.29 is 0 Å². The maximum Gasteiger partial charge on any atom is 0.0221 e. The summed E-state index contributed by atoms with van der Waals surface area (Å²) in [6.45, 7) is 4.99. The molecule has 0 aromatic carbocycles. The highest BCUT2D eigenvalue weighted by Gasteiger charge is 2.20. The first kappa shape index (κ1) is 11.0. The highest BCUT2D eigenvalue weighted by Crippen LogP contribution is 2.17. The van der Waals surface area contributed by atoms with Gasteiger partial charge in [0.2, 0.25) is 0 Å². The van der Waals surface area contributed by atoms with E-state index in [1.165, 1.54) is 31.4 Å². The van der Waals surface area contributed by atoms with Crippen LogP contribution in [0.15, 0.2) is 11.1 Å². The van der Waals surface area contributed by atoms with Crippen LogP contribution in [-0.2, 0) is 0 Å². The van der Waals surface area contributed by atoms with Gasteiger partial charge in [-0.1, -0.05) is 18.0 Å². The second-order valence-corrected chi connectivity index (χ2v) is 4.03. The number of piperidine rings is 1. The van der Waals surface area contributed by atoms with E-state index in [4.69, 9.17) is 17.3 Å². The summed E-state index contributed by atoms with van der Waals surface area (Å²) in [6, 6.07) is 0.570. The van der Waals surface area contributed by atoms with Crippen LogP contribution < -0.4 is 5.73 Å². The predicted molar refractivity (Wildman–Crippen MR) is 57.9 cm³/mol. The van der Waals surface area contributed by atoms with Crippen molar-refractivity contribution in [1.82, 2.24) is 4.90 Å². The average Bonchev–Trinajstić information content (AvgIpc) is 2.18. The van der Waals surface area contributed by atoms with E-state index in [0.29, 0.717) is 6.04 Å². The van der Waals surface area contributed by atoms with Crippen LogP contribution in [0.1, 0.15) is 26.2 Å². The SMILES string of the molecule is CC(=CCl)CN1CCCCC1CN. The predicted octanol–water partition coefficient (Wildman–Crippen LogP) is 1.94. The monoisotopic (exact) mass is 202 g/mol. The van der Waals surface area contributed by atoms with E-state index < -0.39 is 0 Å². The molecule has 76 valence electrons. The lowest BCUT2D eigenvalue weighted by molar-refractivity contribution is 0.166. The first-order chi connectivity index (χ1) is 6.27. The normalized spacial score (nSPS) is 26.4. The van der Waals surface area contributed by atoms with E-state index in [-0.39, 0.29) is 0 Å². The minimum atomic E-state index is 0.570. The molecule has 2 nitrogen and oxygen atoms in total. The van der Waals surface area contributed by atoms with Crippen molar-refractivity contribution in [3.8, 4) is 0 Å². The fourth-order valence-corrected chi connectivity index (χ4v) is 1.96. The van der Waals surface area contributed by atoms with E-state index in [1.54, 1.807) is 5.54 Å². The Morgan fingerprint density at radius 3 is 3.00 bits per heavy atom. The van der Waals surface area contributed by atoms with Crippen LogP contribution in [0, 0.1) is 0 Å². The standard InChI is InChI=1S/C10H19ClN2/c1-9(6-11)8-13-5-3-2-4-10(13)7-12/h6,10H,2-5,7-8,12H2,1H3. The Morgan fingerprint density at radius 2 is 2.38 bits per heavy atom. The molecule has 1 rings (SSSR count). The summed E-state index contributed by atoms with van der Waals surface area (Å²) in [5, 5.41) is 0. The minimum Gasteiger partial charge on any atom is -0.329 e. The Kier molecular flexibility index (Phi) is 4.78. The zero-order valence-electron chi connectivity index (χ0n) is 8.30. The van der Waals surface area contributed by atoms with Gasteiger partial charge < -0.3 is 5.73 Å². The molecule has 0 aromatic heterocycles. The molecule has 0 spiro atoms. The lowest BCUT2D eigenvalue weighted by Crippen LogP contribution is -2.44. The molecule has 0 saturated carbocycles. The van der Waals surface area contributed by atoms with Crippen LogP contribution in [0.5, 0.6) is 0 Å². The Labute approximate surface area is 85.7 Å². The molecule has 0 aromatic rings. The zero-order valence-corrected chi connectivity index (χ0v) is 9.06. The van der Waals surface area contributed by atoms with E-state index in [0.717, 1.165) is 13.1 Å². The summed E-state index contributed by atoms with van der Waals surface area (Å²) in [5.74, 6) is 0. The number of nitrogens with zero attached hydrogens (tertiary/aromatic N) is 1. The molecule has 13 heavy (non-hydrogen) atoms. The van der Waals surface area contributed by atoms with E-state index in [9.17, 15) is 0 Å². The van der Waals surface area contributed by atoms with E-state index in [2.05, 4.69) is 11.8 Å². The fraction of sp³-hybridized carbons (Fsp3) is 0.800. The van der Waals surface area contributed by atoms with Gasteiger partial charge in [-0.05, 0) is 31.9 Å². The Bertz CT molecular complexity index is 180. The van der Waals surface area contributed by atoms with E-state index >= 15 is 0 Å². The van der Waals surface area contributed by atoms with Crippen molar-refractivity contribution in [2.75, 3.05) is 19.6 Å². The lowest BCUT2D eigenvalue weighted by Gasteiger charge is -2.35. The Balaban J connectivity index is 2.45. The molecule has 0 bridgehead atoms. The van der Waals surface area contributed by atoms with Crippen LogP contribution in [-0.4, -0.2) is 30.6 Å². The van der Waals surface area contributed by atoms with Gasteiger partial charge in [0.1, 0.15) is 0 Å². The first-order valence-electron chi connectivity index (χ1n) is 4.98. The topological polar surface area (TPSA) is 29.3 Å². The van der Waals surface area contributed by atoms with E-state index in [1.807, 2.05) is 0 Å². The lowest BCUT2D eigenvalue weighted by atomic mass is 10.0. The quantitative estimate of drug-likeness (QED) is 0.758. The van der Waals surface area contributed by atoms with Crippen LogP contribution in [0.2, 0.25) is 0 Å². The smallest absolute Gasteiger partial charge is 0.0221 e. The van der Waals surface area contributed by atoms with Gasteiger partial charge in [0, 0.05) is 24.7 Å². The average molecular weight is 203 g/mol. The van der Waals surface area contributed by atoms with Crippen molar-refractivity contribution in [3.63, 3.8) is 0 Å². The minimum absolute atomic E-state index is 0.570. The molecule has 1 aliphatic heterocycles. The molecule has 3 heteroatoms. The summed E-state index contributed by atoms with van der Waals surface area (Å²) in [4.78, 5) is 2.44. The summed E-state index contributed by atoms with van der Waals surface area (Å²) in [6.07, 6.45) is 3.86. The van der Waals surface area contributed by atoms with Gasteiger partial charge in [-0.25, -0.2) is 0 Å². The second-order valence-electron chi connectivity index (χ2n) is 3.81. The van der Waals surface area contributed by atoms with Crippen molar-refractivity contribution >= 4 is 11.6 Å². The summed E-state index contributed by atoms with van der Waals surface area (Å²) < 4.78 is 0. The van der Waals surface area contributed by atoms with Crippen LogP contribution >= 0.6 is 11.6 Å². The number of halogens is 1. The summed E-state index contributed by atoms with van der Waals surface area (Å²) >= 11 is 5.64. The molecule has 0 radical (unpaired) electrons. The van der Waals surface area contributed by atoms with Crippen LogP contribution in [0.3, 0.4) is 0 Å². The number of rotatable bonds is 3. The van der Waals surface area contributed by atoms with Crippen molar-refractivity contribution in [2.45, 2.75) is 32.2 Å². The second kappa shape index (κ2) is 5.63. The maximum absolute atomic E-state index is 5.72. The highest BCUT2D eigenvalue weighted by atomic mass is 35.5. The number of likely N-dealkylation sites (tertiary alicyclic amines) is 1. The summed E-state index contributed by atoms with van der Waals surface area (Å²) in [5.41, 5.74) is 8.61. The molecule has 1 heterocycles. The molecular formula is C10H19ClN2. The van der Waals surface area contributed by atoms with Gasteiger partial charge in [-0.3, -0.25) is 4.90 Å². The number of hydrogen-bond acceptors (Lipinski definition) is 2. The van der Waals surface area contributed by atoms with Crippen molar-refractivity contribution in [2.24, 2.45) is 5.73 Å². The Hall–Kier alpha value is -0.0500. The molecule has 1 saturated heterocycles.